The maximum atomic E-state index is 5.46. The monoisotopic (exact) mass is 253 g/mol. The van der Waals surface area contributed by atoms with Gasteiger partial charge in [0, 0.05) is 11.9 Å². The summed E-state index contributed by atoms with van der Waals surface area (Å²) in [5.41, 5.74) is 6.49. The Morgan fingerprint density at radius 1 is 1.36 bits per heavy atom. The van der Waals surface area contributed by atoms with E-state index in [0.29, 0.717) is 6.54 Å². The lowest BCUT2D eigenvalue weighted by molar-refractivity contribution is 0.580. The van der Waals surface area contributed by atoms with Crippen LogP contribution in [0.4, 0.5) is 0 Å². The predicted octanol–water partition coefficient (Wildman–Crippen LogP) is 2.15. The lowest BCUT2D eigenvalue weighted by Crippen LogP contribution is -2.06. The summed E-state index contributed by atoms with van der Waals surface area (Å²) in [4.78, 5) is 0. The molecule has 0 saturated carbocycles. The van der Waals surface area contributed by atoms with Gasteiger partial charge in [-0.3, -0.25) is 4.68 Å². The molecule has 0 spiro atoms. The summed E-state index contributed by atoms with van der Waals surface area (Å²) in [5.74, 6) is 0. The lowest BCUT2D eigenvalue weighted by atomic mass is 10.3. The van der Waals surface area contributed by atoms with E-state index < -0.39 is 0 Å². The second-order valence-corrected chi connectivity index (χ2v) is 3.92. The number of benzene rings is 1. The molecule has 0 amide bonds. The average molecular weight is 254 g/mol. The molecule has 0 saturated heterocycles. The van der Waals surface area contributed by atoms with Crippen molar-refractivity contribution in [3.8, 4) is 0 Å². The van der Waals surface area contributed by atoms with Crippen LogP contribution in [-0.2, 0) is 6.54 Å². The minimum absolute atomic E-state index is 0.697. The fourth-order valence-corrected chi connectivity index (χ4v) is 2.03. The van der Waals surface area contributed by atoms with Crippen molar-refractivity contribution in [1.82, 2.24) is 9.78 Å². The van der Waals surface area contributed by atoms with Crippen LogP contribution >= 0.6 is 15.9 Å². The van der Waals surface area contributed by atoms with Gasteiger partial charge in [0.15, 0.2) is 0 Å². The Morgan fingerprint density at radius 3 is 2.86 bits per heavy atom. The molecule has 4 heteroatoms. The van der Waals surface area contributed by atoms with E-state index in [9.17, 15) is 0 Å². The van der Waals surface area contributed by atoms with Gasteiger partial charge in [0.25, 0.3) is 0 Å². The molecular formula is C10H12BrN3. The summed E-state index contributed by atoms with van der Waals surface area (Å²) in [5, 5.41) is 5.62. The Bertz CT molecular complexity index is 436. The molecule has 0 aliphatic heterocycles. The van der Waals surface area contributed by atoms with E-state index in [-0.39, 0.29) is 0 Å². The van der Waals surface area contributed by atoms with Gasteiger partial charge in [0.1, 0.15) is 4.60 Å². The van der Waals surface area contributed by atoms with Gasteiger partial charge in [-0.1, -0.05) is 18.2 Å². The van der Waals surface area contributed by atoms with E-state index >= 15 is 0 Å². The minimum Gasteiger partial charge on any atom is -0.330 e. The van der Waals surface area contributed by atoms with Crippen LogP contribution in [0.3, 0.4) is 0 Å². The van der Waals surface area contributed by atoms with Crippen molar-refractivity contribution in [1.29, 1.82) is 0 Å². The van der Waals surface area contributed by atoms with Crippen LogP contribution in [0.5, 0.6) is 0 Å². The average Bonchev–Trinajstić information content (AvgIpc) is 2.54. The SMILES string of the molecule is NCCCn1nc2ccccc2c1Br. The molecule has 74 valence electrons. The molecule has 0 aliphatic carbocycles. The largest absolute Gasteiger partial charge is 0.330 e. The lowest BCUT2D eigenvalue weighted by Gasteiger charge is -2.00. The Labute approximate surface area is 91.0 Å². The molecule has 2 rings (SSSR count). The zero-order chi connectivity index (χ0) is 9.97. The molecule has 1 aromatic carbocycles. The zero-order valence-electron chi connectivity index (χ0n) is 7.78. The summed E-state index contributed by atoms with van der Waals surface area (Å²) in [7, 11) is 0. The molecule has 0 aliphatic rings. The Kier molecular flexibility index (Phi) is 2.84. The number of hydrogen-bond donors (Lipinski definition) is 1. The van der Waals surface area contributed by atoms with Crippen LogP contribution in [0.15, 0.2) is 28.9 Å². The first kappa shape index (κ1) is 9.68. The fraction of sp³-hybridized carbons (Fsp3) is 0.300. The van der Waals surface area contributed by atoms with E-state index in [1.807, 2.05) is 22.9 Å². The molecule has 2 N–H and O–H groups in total. The van der Waals surface area contributed by atoms with Crippen molar-refractivity contribution < 1.29 is 0 Å². The zero-order valence-corrected chi connectivity index (χ0v) is 9.37. The predicted molar refractivity (Wildman–Crippen MR) is 61.1 cm³/mol. The van der Waals surface area contributed by atoms with Gasteiger partial charge in [-0.15, -0.1) is 0 Å². The quantitative estimate of drug-likeness (QED) is 0.911. The number of rotatable bonds is 3. The van der Waals surface area contributed by atoms with Crippen LogP contribution in [0.25, 0.3) is 10.9 Å². The van der Waals surface area contributed by atoms with Crippen molar-refractivity contribution in [3.63, 3.8) is 0 Å². The molecule has 3 nitrogen and oxygen atoms in total. The van der Waals surface area contributed by atoms with Crippen LogP contribution in [-0.4, -0.2) is 16.3 Å². The maximum Gasteiger partial charge on any atom is 0.111 e. The van der Waals surface area contributed by atoms with Crippen molar-refractivity contribution in [2.75, 3.05) is 6.54 Å². The van der Waals surface area contributed by atoms with Crippen molar-refractivity contribution in [3.05, 3.63) is 28.9 Å². The molecule has 0 fully saturated rings. The van der Waals surface area contributed by atoms with Gasteiger partial charge in [-0.25, -0.2) is 0 Å². The summed E-state index contributed by atoms with van der Waals surface area (Å²) in [6, 6.07) is 8.08. The molecule has 0 radical (unpaired) electrons. The summed E-state index contributed by atoms with van der Waals surface area (Å²) in [6.45, 7) is 1.56. The molecular weight excluding hydrogens is 242 g/mol. The highest BCUT2D eigenvalue weighted by atomic mass is 79.9. The van der Waals surface area contributed by atoms with E-state index in [1.54, 1.807) is 0 Å². The van der Waals surface area contributed by atoms with Crippen LogP contribution in [0.2, 0.25) is 0 Å². The number of aryl methyl sites for hydroxylation is 1. The molecule has 1 heterocycles. The number of nitrogens with two attached hydrogens (primary N) is 1. The van der Waals surface area contributed by atoms with Gasteiger partial charge in [-0.05, 0) is 35.0 Å². The number of aromatic nitrogens is 2. The number of halogens is 1. The van der Waals surface area contributed by atoms with Gasteiger partial charge in [-0.2, -0.15) is 5.10 Å². The maximum absolute atomic E-state index is 5.46. The first-order valence-corrected chi connectivity index (χ1v) is 5.43. The third kappa shape index (κ3) is 1.67. The molecule has 14 heavy (non-hydrogen) atoms. The van der Waals surface area contributed by atoms with Crippen LogP contribution < -0.4 is 5.73 Å². The molecule has 0 unspecified atom stereocenters. The minimum atomic E-state index is 0.697. The topological polar surface area (TPSA) is 43.8 Å². The Balaban J connectivity index is 2.41. The number of nitrogens with zero attached hydrogens (tertiary/aromatic N) is 2. The normalized spacial score (nSPS) is 11.0. The highest BCUT2D eigenvalue weighted by molar-refractivity contribution is 9.10. The Morgan fingerprint density at radius 2 is 2.14 bits per heavy atom. The van der Waals surface area contributed by atoms with E-state index in [0.717, 1.165) is 28.5 Å². The molecule has 0 atom stereocenters. The number of hydrogen-bond acceptors (Lipinski definition) is 2. The van der Waals surface area contributed by atoms with Crippen molar-refractivity contribution in [2.45, 2.75) is 13.0 Å². The van der Waals surface area contributed by atoms with Crippen LogP contribution in [0.1, 0.15) is 6.42 Å². The Hall–Kier alpha value is -0.870. The summed E-state index contributed by atoms with van der Waals surface area (Å²) >= 11 is 3.54. The third-order valence-electron chi connectivity index (χ3n) is 2.16. The second-order valence-electron chi connectivity index (χ2n) is 3.17. The van der Waals surface area contributed by atoms with Gasteiger partial charge in [0.2, 0.25) is 0 Å². The van der Waals surface area contributed by atoms with Crippen molar-refractivity contribution >= 4 is 26.8 Å². The van der Waals surface area contributed by atoms with Gasteiger partial charge < -0.3 is 5.73 Å². The standard InChI is InChI=1S/C10H12BrN3/c11-10-8-4-1-2-5-9(8)13-14(10)7-3-6-12/h1-2,4-5H,3,6-7,12H2. The van der Waals surface area contributed by atoms with Gasteiger partial charge >= 0.3 is 0 Å². The van der Waals surface area contributed by atoms with Crippen LogP contribution in [0, 0.1) is 0 Å². The van der Waals surface area contributed by atoms with E-state index in [4.69, 9.17) is 5.73 Å². The first-order chi connectivity index (χ1) is 6.83. The number of fused-ring (bicyclic) bond motifs is 1. The fourth-order valence-electron chi connectivity index (χ4n) is 1.44. The highest BCUT2D eigenvalue weighted by Gasteiger charge is 2.06. The highest BCUT2D eigenvalue weighted by Crippen LogP contribution is 2.23. The van der Waals surface area contributed by atoms with E-state index in [1.165, 1.54) is 0 Å². The van der Waals surface area contributed by atoms with Gasteiger partial charge in [0.05, 0.1) is 5.52 Å². The third-order valence-corrected chi connectivity index (χ3v) is 2.99. The van der Waals surface area contributed by atoms with Crippen molar-refractivity contribution in [2.24, 2.45) is 5.73 Å². The first-order valence-electron chi connectivity index (χ1n) is 4.64. The molecule has 0 bridgehead atoms. The molecule has 2 aromatic rings. The second kappa shape index (κ2) is 4.11. The summed E-state index contributed by atoms with van der Waals surface area (Å²) in [6.07, 6.45) is 0.951. The van der Waals surface area contributed by atoms with E-state index in [2.05, 4.69) is 27.1 Å². The summed E-state index contributed by atoms with van der Waals surface area (Å²) < 4.78 is 3.00. The molecule has 1 aromatic heterocycles. The smallest absolute Gasteiger partial charge is 0.111 e.